The second-order valence-corrected chi connectivity index (χ2v) is 9.55. The maximum absolute atomic E-state index is 2.52. The van der Waals surface area contributed by atoms with Gasteiger partial charge in [0.05, 0.1) is 0 Å². The van der Waals surface area contributed by atoms with E-state index in [-0.39, 0.29) is 0 Å². The van der Waals surface area contributed by atoms with E-state index in [0.717, 1.165) is 0 Å². The van der Waals surface area contributed by atoms with Gasteiger partial charge in [-0.15, -0.1) is 0 Å². The first kappa shape index (κ1) is 15.8. The first-order valence-corrected chi connectivity index (χ1v) is 7.53. The van der Waals surface area contributed by atoms with Gasteiger partial charge in [-0.25, -0.2) is 0 Å². The Bertz CT molecular complexity index is 311. The van der Waals surface area contributed by atoms with Crippen LogP contribution in [0.25, 0.3) is 0 Å². The number of hydrogen-bond acceptors (Lipinski definition) is 0. The first-order chi connectivity index (χ1) is 7.83. The van der Waals surface area contributed by atoms with Gasteiger partial charge >= 0.3 is 0 Å². The highest BCUT2D eigenvalue weighted by molar-refractivity contribution is 5.08. The maximum Gasteiger partial charge on any atom is -0.0141 e. The predicted octanol–water partition coefficient (Wildman–Crippen LogP) is 6.22. The summed E-state index contributed by atoms with van der Waals surface area (Å²) in [6, 6.07) is 0. The van der Waals surface area contributed by atoms with Crippen molar-refractivity contribution in [1.82, 2.24) is 0 Å². The van der Waals surface area contributed by atoms with Gasteiger partial charge in [0.1, 0.15) is 0 Å². The summed E-state index contributed by atoms with van der Waals surface area (Å²) in [4.78, 5) is 0. The van der Waals surface area contributed by atoms with Crippen LogP contribution in [-0.4, -0.2) is 0 Å². The lowest BCUT2D eigenvalue weighted by Crippen LogP contribution is -2.20. The average molecular weight is 250 g/mol. The minimum Gasteiger partial charge on any atom is -0.0823 e. The fourth-order valence-corrected chi connectivity index (χ4v) is 3.89. The highest BCUT2D eigenvalue weighted by atomic mass is 14.4. The molecular weight excluding hydrogens is 216 g/mol. The molecule has 106 valence electrons. The Morgan fingerprint density at radius 1 is 0.944 bits per heavy atom. The molecule has 1 rings (SSSR count). The van der Waals surface area contributed by atoms with Gasteiger partial charge in [-0.3, -0.25) is 0 Å². The Morgan fingerprint density at radius 2 is 1.50 bits per heavy atom. The molecule has 1 unspecified atom stereocenters. The summed E-state index contributed by atoms with van der Waals surface area (Å²) in [6.07, 6.45) is 10.3. The van der Waals surface area contributed by atoms with Crippen molar-refractivity contribution in [3.8, 4) is 0 Å². The molecule has 0 nitrogen and oxygen atoms in total. The van der Waals surface area contributed by atoms with Crippen LogP contribution in [0.3, 0.4) is 0 Å². The van der Waals surface area contributed by atoms with E-state index in [9.17, 15) is 0 Å². The van der Waals surface area contributed by atoms with Gasteiger partial charge in [-0.2, -0.15) is 0 Å². The molecule has 0 heterocycles. The lowest BCUT2D eigenvalue weighted by Gasteiger charge is -2.31. The van der Waals surface area contributed by atoms with Crippen LogP contribution >= 0.6 is 0 Å². The predicted molar refractivity (Wildman–Crippen MR) is 82.7 cm³/mol. The largest absolute Gasteiger partial charge is 0.0823 e. The number of hydrogen-bond donors (Lipinski definition) is 0. The highest BCUT2D eigenvalue weighted by Gasteiger charge is 2.38. The molecular formula is C18H34. The zero-order valence-corrected chi connectivity index (χ0v) is 14.0. The molecule has 0 radical (unpaired) electrons. The molecule has 0 bridgehead atoms. The van der Waals surface area contributed by atoms with E-state index in [1.807, 2.05) is 0 Å². The standard InChI is InChI=1S/C18H34/c1-15(2,3)13-16(4,5)9-11-18(8)12-10-17(6,7)14-18/h9,11H,10,12-14H2,1-8H3/b11-9-. The normalized spacial score (nSPS) is 29.1. The van der Waals surface area contributed by atoms with Crippen LogP contribution in [0.4, 0.5) is 0 Å². The summed E-state index contributed by atoms with van der Waals surface area (Å²) in [5.74, 6) is 0. The third kappa shape index (κ3) is 5.16. The lowest BCUT2D eigenvalue weighted by atomic mass is 9.74. The molecule has 1 atom stereocenters. The molecule has 0 aromatic heterocycles. The van der Waals surface area contributed by atoms with Crippen molar-refractivity contribution >= 4 is 0 Å². The van der Waals surface area contributed by atoms with E-state index in [2.05, 4.69) is 67.5 Å². The molecule has 0 aromatic carbocycles. The van der Waals surface area contributed by atoms with Crippen molar-refractivity contribution in [3.63, 3.8) is 0 Å². The number of rotatable bonds is 3. The van der Waals surface area contributed by atoms with Crippen molar-refractivity contribution in [2.45, 2.75) is 81.1 Å². The van der Waals surface area contributed by atoms with Crippen molar-refractivity contribution in [2.75, 3.05) is 0 Å². The third-order valence-corrected chi connectivity index (χ3v) is 4.18. The minimum absolute atomic E-state index is 0.313. The summed E-state index contributed by atoms with van der Waals surface area (Å²) in [5, 5.41) is 0. The van der Waals surface area contributed by atoms with E-state index in [4.69, 9.17) is 0 Å². The van der Waals surface area contributed by atoms with Crippen LogP contribution in [0.5, 0.6) is 0 Å². The van der Waals surface area contributed by atoms with Gasteiger partial charge in [-0.05, 0) is 47.3 Å². The van der Waals surface area contributed by atoms with Crippen molar-refractivity contribution < 1.29 is 0 Å². The van der Waals surface area contributed by atoms with Gasteiger partial charge < -0.3 is 0 Å². The summed E-state index contributed by atoms with van der Waals surface area (Å²) in [6.45, 7) is 19.0. The molecule has 0 N–H and O–H groups in total. The van der Waals surface area contributed by atoms with Crippen LogP contribution in [0, 0.1) is 21.7 Å². The van der Waals surface area contributed by atoms with E-state index in [0.29, 0.717) is 21.7 Å². The zero-order valence-electron chi connectivity index (χ0n) is 14.0. The average Bonchev–Trinajstić information content (AvgIpc) is 2.35. The Hall–Kier alpha value is -0.260. The topological polar surface area (TPSA) is 0 Å². The summed E-state index contributed by atoms with van der Waals surface area (Å²) in [7, 11) is 0. The molecule has 1 aliphatic carbocycles. The van der Waals surface area contributed by atoms with Crippen molar-refractivity contribution in [1.29, 1.82) is 0 Å². The van der Waals surface area contributed by atoms with Crippen LogP contribution in [0.2, 0.25) is 0 Å². The summed E-state index contributed by atoms with van der Waals surface area (Å²) in [5.41, 5.74) is 1.68. The molecule has 0 aromatic rings. The second-order valence-electron chi connectivity index (χ2n) is 9.55. The molecule has 0 aliphatic heterocycles. The Labute approximate surface area is 115 Å². The zero-order chi connectivity index (χ0) is 14.2. The van der Waals surface area contributed by atoms with Crippen molar-refractivity contribution in [3.05, 3.63) is 12.2 Å². The Kier molecular flexibility index (Phi) is 4.11. The molecule has 1 fully saturated rings. The first-order valence-electron chi connectivity index (χ1n) is 7.53. The van der Waals surface area contributed by atoms with E-state index >= 15 is 0 Å². The maximum atomic E-state index is 2.52. The monoisotopic (exact) mass is 250 g/mol. The van der Waals surface area contributed by atoms with Crippen LogP contribution in [0.15, 0.2) is 12.2 Å². The third-order valence-electron chi connectivity index (χ3n) is 4.18. The van der Waals surface area contributed by atoms with Crippen LogP contribution in [-0.2, 0) is 0 Å². The van der Waals surface area contributed by atoms with Gasteiger partial charge in [0.15, 0.2) is 0 Å². The quantitative estimate of drug-likeness (QED) is 0.521. The SMILES string of the molecule is CC(C)(C)CC(C)(C)/C=C\C1(C)CCC(C)(C)C1. The second kappa shape index (κ2) is 4.69. The fraction of sp³-hybridized carbons (Fsp3) is 0.889. The molecule has 0 saturated heterocycles. The van der Waals surface area contributed by atoms with E-state index in [1.165, 1.54) is 25.7 Å². The van der Waals surface area contributed by atoms with Gasteiger partial charge in [0, 0.05) is 0 Å². The molecule has 0 spiro atoms. The number of allylic oxidation sites excluding steroid dienone is 2. The van der Waals surface area contributed by atoms with Crippen LogP contribution < -0.4 is 0 Å². The summed E-state index contributed by atoms with van der Waals surface area (Å²) >= 11 is 0. The van der Waals surface area contributed by atoms with Gasteiger partial charge in [-0.1, -0.05) is 67.5 Å². The molecule has 18 heavy (non-hydrogen) atoms. The van der Waals surface area contributed by atoms with Crippen molar-refractivity contribution in [2.24, 2.45) is 21.7 Å². The Morgan fingerprint density at radius 3 is 1.89 bits per heavy atom. The van der Waals surface area contributed by atoms with E-state index < -0.39 is 0 Å². The molecule has 1 aliphatic rings. The smallest absolute Gasteiger partial charge is 0.0141 e. The van der Waals surface area contributed by atoms with Crippen LogP contribution in [0.1, 0.15) is 81.1 Å². The lowest BCUT2D eigenvalue weighted by molar-refractivity contribution is 0.258. The molecule has 0 heteroatoms. The minimum atomic E-state index is 0.313. The molecule has 0 amide bonds. The van der Waals surface area contributed by atoms with Gasteiger partial charge in [0.2, 0.25) is 0 Å². The highest BCUT2D eigenvalue weighted by Crippen LogP contribution is 2.50. The van der Waals surface area contributed by atoms with Gasteiger partial charge in [0.25, 0.3) is 0 Å². The summed E-state index contributed by atoms with van der Waals surface area (Å²) < 4.78 is 0. The van der Waals surface area contributed by atoms with E-state index in [1.54, 1.807) is 0 Å². The molecule has 1 saturated carbocycles. The Balaban J connectivity index is 2.69. The fourth-order valence-electron chi connectivity index (χ4n) is 3.89.